The van der Waals surface area contributed by atoms with Crippen molar-refractivity contribution in [2.24, 2.45) is 0 Å². The highest BCUT2D eigenvalue weighted by molar-refractivity contribution is 6.31. The van der Waals surface area contributed by atoms with Crippen molar-refractivity contribution in [2.75, 3.05) is 7.05 Å². The molecular formula is C18H26ClNO. The molecule has 3 heteroatoms. The summed E-state index contributed by atoms with van der Waals surface area (Å²) in [6.07, 6.45) is 9.05. The van der Waals surface area contributed by atoms with Gasteiger partial charge in [0, 0.05) is 10.4 Å². The summed E-state index contributed by atoms with van der Waals surface area (Å²) in [7, 11) is 2.00. The molecular weight excluding hydrogens is 282 g/mol. The molecule has 1 atom stereocenters. The number of hydrogen-bond acceptors (Lipinski definition) is 2. The Labute approximate surface area is 132 Å². The highest BCUT2D eigenvalue weighted by Gasteiger charge is 2.14. The van der Waals surface area contributed by atoms with Crippen LogP contribution in [0.25, 0.3) is 11.0 Å². The van der Waals surface area contributed by atoms with Crippen LogP contribution in [0.15, 0.2) is 28.7 Å². The number of rotatable bonds is 9. The minimum atomic E-state index is 0.294. The second-order valence-corrected chi connectivity index (χ2v) is 6.17. The average molecular weight is 308 g/mol. The molecule has 2 nitrogen and oxygen atoms in total. The lowest BCUT2D eigenvalue weighted by Gasteiger charge is -2.13. The van der Waals surface area contributed by atoms with Crippen molar-refractivity contribution >= 4 is 22.6 Å². The van der Waals surface area contributed by atoms with Crippen LogP contribution in [0.4, 0.5) is 0 Å². The zero-order valence-corrected chi connectivity index (χ0v) is 13.9. The van der Waals surface area contributed by atoms with Crippen LogP contribution in [0.1, 0.15) is 63.7 Å². The number of fused-ring (bicyclic) bond motifs is 1. The van der Waals surface area contributed by atoms with Gasteiger partial charge >= 0.3 is 0 Å². The fourth-order valence-corrected chi connectivity index (χ4v) is 2.94. The highest BCUT2D eigenvalue weighted by atomic mass is 35.5. The van der Waals surface area contributed by atoms with Crippen molar-refractivity contribution in [3.05, 3.63) is 35.0 Å². The molecule has 1 aromatic heterocycles. The first-order chi connectivity index (χ1) is 10.2. The smallest absolute Gasteiger partial charge is 0.134 e. The predicted octanol–water partition coefficient (Wildman–Crippen LogP) is 6.10. The number of nitrogens with one attached hydrogen (secondary N) is 1. The van der Waals surface area contributed by atoms with Crippen molar-refractivity contribution in [1.82, 2.24) is 5.32 Å². The minimum Gasteiger partial charge on any atom is -0.459 e. The third kappa shape index (κ3) is 4.76. The van der Waals surface area contributed by atoms with Gasteiger partial charge in [-0.2, -0.15) is 0 Å². The molecule has 0 bridgehead atoms. The van der Waals surface area contributed by atoms with E-state index in [0.29, 0.717) is 6.04 Å². The maximum absolute atomic E-state index is 6.03. The van der Waals surface area contributed by atoms with Crippen molar-refractivity contribution in [3.63, 3.8) is 0 Å². The quantitative estimate of drug-likeness (QED) is 0.566. The molecule has 1 N–H and O–H groups in total. The first-order valence-electron chi connectivity index (χ1n) is 8.11. The minimum absolute atomic E-state index is 0.294. The van der Waals surface area contributed by atoms with E-state index in [1.165, 1.54) is 38.5 Å². The molecule has 21 heavy (non-hydrogen) atoms. The Bertz CT molecular complexity index is 549. The molecule has 1 unspecified atom stereocenters. The summed E-state index contributed by atoms with van der Waals surface area (Å²) in [4.78, 5) is 0. The average Bonchev–Trinajstić information content (AvgIpc) is 2.89. The summed E-state index contributed by atoms with van der Waals surface area (Å²) in [6.45, 7) is 2.25. The van der Waals surface area contributed by atoms with Gasteiger partial charge in [0.15, 0.2) is 0 Å². The largest absolute Gasteiger partial charge is 0.459 e. The van der Waals surface area contributed by atoms with E-state index in [0.717, 1.165) is 28.2 Å². The number of benzene rings is 1. The summed E-state index contributed by atoms with van der Waals surface area (Å²) in [6, 6.07) is 8.18. The fourth-order valence-electron chi connectivity index (χ4n) is 2.76. The van der Waals surface area contributed by atoms with Gasteiger partial charge in [0.25, 0.3) is 0 Å². The molecule has 0 saturated heterocycles. The van der Waals surface area contributed by atoms with Gasteiger partial charge in [-0.05, 0) is 37.7 Å². The van der Waals surface area contributed by atoms with Crippen LogP contribution in [-0.4, -0.2) is 7.05 Å². The van der Waals surface area contributed by atoms with Crippen LogP contribution in [0.5, 0.6) is 0 Å². The topological polar surface area (TPSA) is 25.2 Å². The molecule has 116 valence electrons. The van der Waals surface area contributed by atoms with Gasteiger partial charge in [0.1, 0.15) is 11.3 Å². The van der Waals surface area contributed by atoms with Gasteiger partial charge < -0.3 is 9.73 Å². The van der Waals surface area contributed by atoms with E-state index in [4.69, 9.17) is 16.0 Å². The second kappa shape index (κ2) is 8.45. The Morgan fingerprint density at radius 1 is 1.10 bits per heavy atom. The number of furan rings is 1. The molecule has 0 radical (unpaired) electrons. The molecule has 0 aliphatic carbocycles. The van der Waals surface area contributed by atoms with Crippen molar-refractivity contribution in [1.29, 1.82) is 0 Å². The fraction of sp³-hybridized carbons (Fsp3) is 0.556. The summed E-state index contributed by atoms with van der Waals surface area (Å²) >= 11 is 6.03. The van der Waals surface area contributed by atoms with Crippen molar-refractivity contribution < 1.29 is 4.42 Å². The van der Waals surface area contributed by atoms with E-state index < -0.39 is 0 Å². The molecule has 0 aliphatic heterocycles. The summed E-state index contributed by atoms with van der Waals surface area (Å²) < 4.78 is 5.95. The maximum Gasteiger partial charge on any atom is 0.134 e. The predicted molar refractivity (Wildman–Crippen MR) is 91.0 cm³/mol. The lowest BCUT2D eigenvalue weighted by atomic mass is 10.0. The van der Waals surface area contributed by atoms with E-state index in [1.807, 2.05) is 25.2 Å². The van der Waals surface area contributed by atoms with Gasteiger partial charge in [0.05, 0.1) is 6.04 Å². The third-order valence-corrected chi connectivity index (χ3v) is 4.27. The molecule has 0 amide bonds. The van der Waals surface area contributed by atoms with Crippen molar-refractivity contribution in [3.8, 4) is 0 Å². The molecule has 2 rings (SSSR count). The van der Waals surface area contributed by atoms with Crippen LogP contribution in [-0.2, 0) is 0 Å². The third-order valence-electron chi connectivity index (χ3n) is 4.04. The van der Waals surface area contributed by atoms with E-state index in [1.54, 1.807) is 0 Å². The normalized spacial score (nSPS) is 12.9. The molecule has 1 heterocycles. The van der Waals surface area contributed by atoms with Crippen LogP contribution in [0.2, 0.25) is 5.02 Å². The van der Waals surface area contributed by atoms with Crippen molar-refractivity contribution in [2.45, 2.75) is 57.9 Å². The number of halogens is 1. The molecule has 1 aromatic carbocycles. The second-order valence-electron chi connectivity index (χ2n) is 5.73. The van der Waals surface area contributed by atoms with E-state index >= 15 is 0 Å². The highest BCUT2D eigenvalue weighted by Crippen LogP contribution is 2.28. The Hall–Kier alpha value is -0.990. The van der Waals surface area contributed by atoms with Gasteiger partial charge in [-0.15, -0.1) is 0 Å². The van der Waals surface area contributed by atoms with Gasteiger partial charge in [-0.25, -0.2) is 0 Å². The van der Waals surface area contributed by atoms with Crippen LogP contribution >= 0.6 is 11.6 Å². The summed E-state index contributed by atoms with van der Waals surface area (Å²) in [5.74, 6) is 1.02. The standard InChI is InChI=1S/C18H26ClNO/c1-3-4-5-6-7-8-9-16(20-2)18-13-14-12-15(19)10-11-17(14)21-18/h10-13,16,20H,3-9H2,1-2H3. The molecule has 0 saturated carbocycles. The van der Waals surface area contributed by atoms with E-state index in [2.05, 4.69) is 18.3 Å². The molecule has 0 fully saturated rings. The summed E-state index contributed by atoms with van der Waals surface area (Å²) in [5.41, 5.74) is 0.914. The van der Waals surface area contributed by atoms with E-state index in [9.17, 15) is 0 Å². The Kier molecular flexibility index (Phi) is 6.59. The van der Waals surface area contributed by atoms with Gasteiger partial charge in [-0.1, -0.05) is 57.0 Å². The zero-order chi connectivity index (χ0) is 15.1. The lowest BCUT2D eigenvalue weighted by molar-refractivity contribution is 0.416. The monoisotopic (exact) mass is 307 g/mol. The van der Waals surface area contributed by atoms with Crippen LogP contribution in [0.3, 0.4) is 0 Å². The van der Waals surface area contributed by atoms with Crippen LogP contribution < -0.4 is 5.32 Å². The number of hydrogen-bond donors (Lipinski definition) is 1. The number of unbranched alkanes of at least 4 members (excludes halogenated alkanes) is 5. The molecule has 0 aliphatic rings. The summed E-state index contributed by atoms with van der Waals surface area (Å²) in [5, 5.41) is 5.21. The first-order valence-corrected chi connectivity index (χ1v) is 8.48. The Morgan fingerprint density at radius 2 is 1.86 bits per heavy atom. The SMILES string of the molecule is CCCCCCCCC(NC)c1cc2cc(Cl)ccc2o1. The zero-order valence-electron chi connectivity index (χ0n) is 13.1. The Balaban J connectivity index is 1.90. The molecule has 2 aromatic rings. The first kappa shape index (κ1) is 16.4. The Morgan fingerprint density at radius 3 is 2.62 bits per heavy atom. The lowest BCUT2D eigenvalue weighted by Crippen LogP contribution is -2.15. The van der Waals surface area contributed by atoms with Gasteiger partial charge in [-0.3, -0.25) is 0 Å². The molecule has 0 spiro atoms. The van der Waals surface area contributed by atoms with Gasteiger partial charge in [0.2, 0.25) is 0 Å². The maximum atomic E-state index is 6.03. The van der Waals surface area contributed by atoms with E-state index in [-0.39, 0.29) is 0 Å². The van der Waals surface area contributed by atoms with Crippen LogP contribution in [0, 0.1) is 0 Å².